The Kier molecular flexibility index (Phi) is 4.71. The highest BCUT2D eigenvalue weighted by Gasteiger charge is 2.05. The van der Waals surface area contributed by atoms with E-state index in [-0.39, 0.29) is 0 Å². The minimum atomic E-state index is 0.296. The lowest BCUT2D eigenvalue weighted by molar-refractivity contribution is 0.274. The zero-order valence-corrected chi connectivity index (χ0v) is 12.8. The third-order valence-corrected chi connectivity index (χ3v) is 3.54. The van der Waals surface area contributed by atoms with E-state index >= 15 is 0 Å². The standard InChI is InChI=1S/C18H21N3O/c1-14(13-22-15-7-3-2-4-8-15)19-12-11-18-20-16-9-5-6-10-17(16)21-18/h2-10,14,19H,11-13H2,1H3,(H,20,21)/t14-/m0/s1. The number of H-pyrrole nitrogens is 1. The van der Waals surface area contributed by atoms with Gasteiger partial charge in [-0.3, -0.25) is 0 Å². The van der Waals surface area contributed by atoms with Crippen molar-refractivity contribution in [3.8, 4) is 5.75 Å². The first-order valence-electron chi connectivity index (χ1n) is 7.66. The summed E-state index contributed by atoms with van der Waals surface area (Å²) in [4.78, 5) is 7.92. The van der Waals surface area contributed by atoms with E-state index in [0.29, 0.717) is 12.6 Å². The lowest BCUT2D eigenvalue weighted by Crippen LogP contribution is -2.33. The molecule has 0 saturated heterocycles. The van der Waals surface area contributed by atoms with Crippen molar-refractivity contribution in [3.63, 3.8) is 0 Å². The fraction of sp³-hybridized carbons (Fsp3) is 0.278. The van der Waals surface area contributed by atoms with Crippen LogP contribution in [0.1, 0.15) is 12.7 Å². The number of hydrogen-bond acceptors (Lipinski definition) is 3. The van der Waals surface area contributed by atoms with E-state index in [0.717, 1.165) is 35.6 Å². The van der Waals surface area contributed by atoms with E-state index < -0.39 is 0 Å². The number of ether oxygens (including phenoxy) is 1. The van der Waals surface area contributed by atoms with Crippen LogP contribution >= 0.6 is 0 Å². The Morgan fingerprint density at radius 3 is 2.68 bits per heavy atom. The average molecular weight is 295 g/mol. The molecular formula is C18H21N3O. The summed E-state index contributed by atoms with van der Waals surface area (Å²) in [6.45, 7) is 3.66. The number of benzene rings is 2. The Labute approximate surface area is 130 Å². The number of nitrogens with zero attached hydrogens (tertiary/aromatic N) is 1. The predicted molar refractivity (Wildman–Crippen MR) is 89.2 cm³/mol. The number of para-hydroxylation sites is 3. The van der Waals surface area contributed by atoms with Crippen LogP contribution in [0.15, 0.2) is 54.6 Å². The summed E-state index contributed by atoms with van der Waals surface area (Å²) in [7, 11) is 0. The van der Waals surface area contributed by atoms with Gasteiger partial charge >= 0.3 is 0 Å². The summed E-state index contributed by atoms with van der Waals surface area (Å²) >= 11 is 0. The van der Waals surface area contributed by atoms with Crippen LogP contribution in [0, 0.1) is 0 Å². The molecule has 2 N–H and O–H groups in total. The molecule has 0 spiro atoms. The van der Waals surface area contributed by atoms with Gasteiger partial charge in [0.25, 0.3) is 0 Å². The second kappa shape index (κ2) is 7.09. The Morgan fingerprint density at radius 1 is 1.09 bits per heavy atom. The van der Waals surface area contributed by atoms with Crippen LogP contribution < -0.4 is 10.1 Å². The summed E-state index contributed by atoms with van der Waals surface area (Å²) in [5.74, 6) is 1.93. The topological polar surface area (TPSA) is 49.9 Å². The van der Waals surface area contributed by atoms with Gasteiger partial charge in [0.15, 0.2) is 0 Å². The Hall–Kier alpha value is -2.33. The van der Waals surface area contributed by atoms with E-state index in [4.69, 9.17) is 4.74 Å². The lowest BCUT2D eigenvalue weighted by atomic mass is 10.3. The number of imidazole rings is 1. The monoisotopic (exact) mass is 295 g/mol. The quantitative estimate of drug-likeness (QED) is 0.704. The Balaban J connectivity index is 1.42. The minimum Gasteiger partial charge on any atom is -0.492 e. The molecule has 0 amide bonds. The van der Waals surface area contributed by atoms with Crippen molar-refractivity contribution in [1.82, 2.24) is 15.3 Å². The lowest BCUT2D eigenvalue weighted by Gasteiger charge is -2.14. The van der Waals surface area contributed by atoms with E-state index in [2.05, 4.69) is 28.3 Å². The first-order chi connectivity index (χ1) is 10.8. The van der Waals surface area contributed by atoms with Crippen LogP contribution in [-0.4, -0.2) is 29.2 Å². The summed E-state index contributed by atoms with van der Waals surface area (Å²) in [6.07, 6.45) is 0.879. The van der Waals surface area contributed by atoms with Crippen LogP contribution in [0.25, 0.3) is 11.0 Å². The molecule has 0 aliphatic carbocycles. The molecule has 1 aromatic heterocycles. The SMILES string of the molecule is C[C@@H](COc1ccccc1)NCCc1nc2ccccc2[nH]1. The third-order valence-electron chi connectivity index (χ3n) is 3.54. The van der Waals surface area contributed by atoms with E-state index in [9.17, 15) is 0 Å². The molecule has 1 atom stereocenters. The smallest absolute Gasteiger partial charge is 0.119 e. The Morgan fingerprint density at radius 2 is 1.86 bits per heavy atom. The zero-order chi connectivity index (χ0) is 15.2. The van der Waals surface area contributed by atoms with Gasteiger partial charge in [-0.2, -0.15) is 0 Å². The predicted octanol–water partition coefficient (Wildman–Crippen LogP) is 3.16. The highest BCUT2D eigenvalue weighted by molar-refractivity contribution is 5.74. The van der Waals surface area contributed by atoms with Gasteiger partial charge in [0.1, 0.15) is 18.2 Å². The second-order valence-corrected chi connectivity index (χ2v) is 5.43. The Bertz CT molecular complexity index is 675. The molecule has 0 bridgehead atoms. The molecular weight excluding hydrogens is 274 g/mol. The largest absolute Gasteiger partial charge is 0.492 e. The van der Waals surface area contributed by atoms with Crippen LogP contribution in [0.2, 0.25) is 0 Å². The van der Waals surface area contributed by atoms with Gasteiger partial charge in [-0.25, -0.2) is 4.98 Å². The van der Waals surface area contributed by atoms with Gasteiger partial charge in [0.05, 0.1) is 11.0 Å². The summed E-state index contributed by atoms with van der Waals surface area (Å²) in [5, 5.41) is 3.46. The normalized spacial score (nSPS) is 12.4. The fourth-order valence-electron chi connectivity index (χ4n) is 2.36. The number of hydrogen-bond donors (Lipinski definition) is 2. The zero-order valence-electron chi connectivity index (χ0n) is 12.8. The van der Waals surface area contributed by atoms with Gasteiger partial charge in [-0.15, -0.1) is 0 Å². The van der Waals surface area contributed by atoms with Crippen molar-refractivity contribution in [2.45, 2.75) is 19.4 Å². The van der Waals surface area contributed by atoms with Gasteiger partial charge in [-0.05, 0) is 31.2 Å². The van der Waals surface area contributed by atoms with Crippen molar-refractivity contribution in [3.05, 3.63) is 60.4 Å². The van der Waals surface area contributed by atoms with Crippen LogP contribution in [0.3, 0.4) is 0 Å². The van der Waals surface area contributed by atoms with Crippen LogP contribution in [0.5, 0.6) is 5.75 Å². The van der Waals surface area contributed by atoms with Crippen molar-refractivity contribution in [2.24, 2.45) is 0 Å². The number of aromatic nitrogens is 2. The fourth-order valence-corrected chi connectivity index (χ4v) is 2.36. The maximum atomic E-state index is 5.73. The van der Waals surface area contributed by atoms with E-state index in [1.807, 2.05) is 48.5 Å². The van der Waals surface area contributed by atoms with Crippen LogP contribution in [0.4, 0.5) is 0 Å². The minimum absolute atomic E-state index is 0.296. The molecule has 0 unspecified atom stereocenters. The number of nitrogens with one attached hydrogen (secondary N) is 2. The first kappa shape index (κ1) is 14.6. The van der Waals surface area contributed by atoms with E-state index in [1.54, 1.807) is 0 Å². The highest BCUT2D eigenvalue weighted by Crippen LogP contribution is 2.10. The molecule has 1 heterocycles. The van der Waals surface area contributed by atoms with Gasteiger partial charge in [0, 0.05) is 19.0 Å². The molecule has 0 aliphatic rings. The molecule has 3 aromatic rings. The molecule has 22 heavy (non-hydrogen) atoms. The molecule has 0 aliphatic heterocycles. The van der Waals surface area contributed by atoms with Crippen molar-refractivity contribution in [2.75, 3.05) is 13.2 Å². The third kappa shape index (κ3) is 3.86. The molecule has 114 valence electrons. The molecule has 0 saturated carbocycles. The highest BCUT2D eigenvalue weighted by atomic mass is 16.5. The average Bonchev–Trinajstić information content (AvgIpc) is 2.96. The molecule has 4 nitrogen and oxygen atoms in total. The van der Waals surface area contributed by atoms with Crippen molar-refractivity contribution >= 4 is 11.0 Å². The van der Waals surface area contributed by atoms with E-state index in [1.165, 1.54) is 0 Å². The van der Waals surface area contributed by atoms with Crippen LogP contribution in [-0.2, 0) is 6.42 Å². The van der Waals surface area contributed by atoms with Gasteiger partial charge < -0.3 is 15.0 Å². The number of aromatic amines is 1. The first-order valence-corrected chi connectivity index (χ1v) is 7.66. The summed E-state index contributed by atoms with van der Waals surface area (Å²) in [6, 6.07) is 18.3. The van der Waals surface area contributed by atoms with Gasteiger partial charge in [0.2, 0.25) is 0 Å². The summed E-state index contributed by atoms with van der Waals surface area (Å²) < 4.78 is 5.73. The molecule has 4 heteroatoms. The summed E-state index contributed by atoms with van der Waals surface area (Å²) in [5.41, 5.74) is 2.12. The van der Waals surface area contributed by atoms with Crippen molar-refractivity contribution < 1.29 is 4.74 Å². The maximum absolute atomic E-state index is 5.73. The number of fused-ring (bicyclic) bond motifs is 1. The molecule has 2 aromatic carbocycles. The van der Waals surface area contributed by atoms with Gasteiger partial charge in [-0.1, -0.05) is 30.3 Å². The molecule has 0 radical (unpaired) electrons. The van der Waals surface area contributed by atoms with Crippen molar-refractivity contribution in [1.29, 1.82) is 0 Å². The maximum Gasteiger partial charge on any atom is 0.119 e. The molecule has 0 fully saturated rings. The molecule has 3 rings (SSSR count). The number of rotatable bonds is 7. The second-order valence-electron chi connectivity index (χ2n) is 5.43.